The number of amides is 1. The summed E-state index contributed by atoms with van der Waals surface area (Å²) in [5, 5.41) is 10.9. The largest absolute Gasteiger partial charge is 0.507 e. The third-order valence-electron chi connectivity index (χ3n) is 4.98. The lowest BCUT2D eigenvalue weighted by Gasteiger charge is -2.26. The van der Waals surface area contributed by atoms with Gasteiger partial charge in [0.2, 0.25) is 0 Å². The molecule has 1 fully saturated rings. The molecule has 1 aliphatic rings. The number of benzene rings is 2. The Hall–Kier alpha value is -2.92. The summed E-state index contributed by atoms with van der Waals surface area (Å²) in [7, 11) is 3.95. The minimum atomic E-state index is -0.628. The molecule has 0 aromatic heterocycles. The van der Waals surface area contributed by atoms with E-state index in [1.807, 2.05) is 56.3 Å². The van der Waals surface area contributed by atoms with Crippen LogP contribution in [0.1, 0.15) is 29.2 Å². The number of ketones is 1. The van der Waals surface area contributed by atoms with Crippen LogP contribution >= 0.6 is 0 Å². The molecule has 146 valence electrons. The van der Waals surface area contributed by atoms with Crippen molar-refractivity contribution >= 4 is 17.4 Å². The number of likely N-dealkylation sites (tertiary alicyclic amines) is 1. The molecule has 1 heterocycles. The quantitative estimate of drug-likeness (QED) is 0.476. The second-order valence-electron chi connectivity index (χ2n) is 7.43. The van der Waals surface area contributed by atoms with Crippen LogP contribution < -0.4 is 0 Å². The van der Waals surface area contributed by atoms with E-state index in [2.05, 4.69) is 0 Å². The highest BCUT2D eigenvalue weighted by atomic mass is 16.3. The Morgan fingerprint density at radius 2 is 1.68 bits per heavy atom. The van der Waals surface area contributed by atoms with E-state index in [0.717, 1.165) is 24.1 Å². The number of aliphatic hydroxyl groups is 1. The number of hydrogen-bond donors (Lipinski definition) is 1. The van der Waals surface area contributed by atoms with Crippen LogP contribution in [0, 0.1) is 6.92 Å². The molecule has 1 atom stereocenters. The van der Waals surface area contributed by atoms with Crippen LogP contribution in [0.2, 0.25) is 0 Å². The lowest BCUT2D eigenvalue weighted by Crippen LogP contribution is -2.32. The first kappa shape index (κ1) is 19.8. The average molecular weight is 378 g/mol. The van der Waals surface area contributed by atoms with Crippen molar-refractivity contribution in [2.75, 3.05) is 27.2 Å². The molecule has 1 N–H and O–H groups in total. The summed E-state index contributed by atoms with van der Waals surface area (Å²) in [5.74, 6) is -1.31. The fourth-order valence-corrected chi connectivity index (χ4v) is 3.51. The molecule has 2 aromatic rings. The minimum Gasteiger partial charge on any atom is -0.507 e. The summed E-state index contributed by atoms with van der Waals surface area (Å²) in [6, 6.07) is 16.1. The van der Waals surface area contributed by atoms with Crippen LogP contribution in [0.4, 0.5) is 0 Å². The molecular formula is C23H26N2O3. The number of carbonyl (C=O) groups excluding carboxylic acids is 2. The van der Waals surface area contributed by atoms with Crippen molar-refractivity contribution < 1.29 is 14.7 Å². The predicted molar refractivity (Wildman–Crippen MR) is 110 cm³/mol. The minimum absolute atomic E-state index is 0.125. The highest BCUT2D eigenvalue weighted by Gasteiger charge is 2.45. The second kappa shape index (κ2) is 8.40. The molecule has 1 saturated heterocycles. The molecule has 0 radical (unpaired) electrons. The zero-order valence-electron chi connectivity index (χ0n) is 16.6. The lowest BCUT2D eigenvalue weighted by molar-refractivity contribution is -0.139. The van der Waals surface area contributed by atoms with E-state index >= 15 is 0 Å². The van der Waals surface area contributed by atoms with E-state index in [1.54, 1.807) is 29.2 Å². The molecule has 1 aliphatic heterocycles. The third-order valence-corrected chi connectivity index (χ3v) is 4.98. The van der Waals surface area contributed by atoms with E-state index in [1.165, 1.54) is 0 Å². The fraction of sp³-hybridized carbons (Fsp3) is 0.304. The van der Waals surface area contributed by atoms with Crippen LogP contribution in [-0.2, 0) is 9.59 Å². The molecule has 2 aromatic carbocycles. The Balaban J connectivity index is 2.07. The van der Waals surface area contributed by atoms with E-state index in [9.17, 15) is 14.7 Å². The summed E-state index contributed by atoms with van der Waals surface area (Å²) < 4.78 is 0. The van der Waals surface area contributed by atoms with Gasteiger partial charge in [-0.25, -0.2) is 0 Å². The summed E-state index contributed by atoms with van der Waals surface area (Å²) in [5.41, 5.74) is 2.61. The van der Waals surface area contributed by atoms with Crippen molar-refractivity contribution in [3.05, 3.63) is 76.9 Å². The van der Waals surface area contributed by atoms with Gasteiger partial charge < -0.3 is 14.9 Å². The maximum absolute atomic E-state index is 12.9. The van der Waals surface area contributed by atoms with Gasteiger partial charge in [0.15, 0.2) is 0 Å². The number of carbonyl (C=O) groups is 2. The van der Waals surface area contributed by atoms with Crippen LogP contribution in [-0.4, -0.2) is 53.8 Å². The third kappa shape index (κ3) is 3.99. The number of nitrogens with zero attached hydrogens (tertiary/aromatic N) is 2. The van der Waals surface area contributed by atoms with Gasteiger partial charge in [0.1, 0.15) is 5.76 Å². The highest BCUT2D eigenvalue weighted by molar-refractivity contribution is 6.46. The van der Waals surface area contributed by atoms with Gasteiger partial charge in [-0.3, -0.25) is 9.59 Å². The maximum atomic E-state index is 12.9. The van der Waals surface area contributed by atoms with Crippen LogP contribution in [0.5, 0.6) is 0 Å². The molecule has 5 nitrogen and oxygen atoms in total. The number of Topliss-reactive ketones (excluding diaryl/α,β-unsaturated/α-hetero) is 1. The van der Waals surface area contributed by atoms with E-state index < -0.39 is 17.7 Å². The Bertz CT molecular complexity index is 886. The Morgan fingerprint density at radius 1 is 1.04 bits per heavy atom. The standard InChI is InChI=1S/C23H26N2O3/c1-16-10-12-17(13-11-16)20-19(21(26)18-8-5-4-6-9-18)22(27)23(28)25(20)15-7-14-24(2)3/h4-6,8-13,20,26H,7,14-15H2,1-3H3/b21-19-. The summed E-state index contributed by atoms with van der Waals surface area (Å²) >= 11 is 0. The molecule has 0 saturated carbocycles. The predicted octanol–water partition coefficient (Wildman–Crippen LogP) is 3.37. The van der Waals surface area contributed by atoms with Gasteiger partial charge in [-0.1, -0.05) is 60.2 Å². The van der Waals surface area contributed by atoms with Gasteiger partial charge in [0.05, 0.1) is 11.6 Å². The van der Waals surface area contributed by atoms with Gasteiger partial charge in [-0.2, -0.15) is 0 Å². The zero-order valence-corrected chi connectivity index (χ0v) is 16.6. The highest BCUT2D eigenvalue weighted by Crippen LogP contribution is 2.39. The lowest BCUT2D eigenvalue weighted by atomic mass is 9.94. The first-order valence-corrected chi connectivity index (χ1v) is 9.45. The Labute approximate surface area is 165 Å². The molecule has 0 spiro atoms. The van der Waals surface area contributed by atoms with Gasteiger partial charge >= 0.3 is 0 Å². The summed E-state index contributed by atoms with van der Waals surface area (Å²) in [6.07, 6.45) is 0.744. The molecule has 1 unspecified atom stereocenters. The SMILES string of the molecule is Cc1ccc(C2/C(=C(/O)c3ccccc3)C(=O)C(=O)N2CCCN(C)C)cc1. The van der Waals surface area contributed by atoms with Crippen molar-refractivity contribution in [2.24, 2.45) is 0 Å². The van der Waals surface area contributed by atoms with Crippen molar-refractivity contribution in [3.8, 4) is 0 Å². The molecule has 5 heteroatoms. The monoisotopic (exact) mass is 378 g/mol. The average Bonchev–Trinajstić information content (AvgIpc) is 2.93. The zero-order chi connectivity index (χ0) is 20.3. The normalized spacial score (nSPS) is 18.9. The van der Waals surface area contributed by atoms with Crippen molar-refractivity contribution in [2.45, 2.75) is 19.4 Å². The number of aliphatic hydroxyl groups excluding tert-OH is 1. The van der Waals surface area contributed by atoms with Gasteiger partial charge in [-0.05, 0) is 39.5 Å². The summed E-state index contributed by atoms with van der Waals surface area (Å²) in [6.45, 7) is 3.25. The van der Waals surface area contributed by atoms with Crippen LogP contribution in [0.25, 0.3) is 5.76 Å². The molecule has 3 rings (SSSR count). The maximum Gasteiger partial charge on any atom is 0.295 e. The molecule has 0 aliphatic carbocycles. The number of hydrogen-bond acceptors (Lipinski definition) is 4. The number of aryl methyl sites for hydroxylation is 1. The molecule has 0 bridgehead atoms. The first-order valence-electron chi connectivity index (χ1n) is 9.45. The molecular weight excluding hydrogens is 352 g/mol. The van der Waals surface area contributed by atoms with E-state index in [4.69, 9.17) is 0 Å². The van der Waals surface area contributed by atoms with Crippen molar-refractivity contribution in [3.63, 3.8) is 0 Å². The van der Waals surface area contributed by atoms with Gasteiger partial charge in [-0.15, -0.1) is 0 Å². The van der Waals surface area contributed by atoms with E-state index in [-0.39, 0.29) is 11.3 Å². The van der Waals surface area contributed by atoms with E-state index in [0.29, 0.717) is 12.1 Å². The topological polar surface area (TPSA) is 60.9 Å². The first-order chi connectivity index (χ1) is 13.4. The Kier molecular flexibility index (Phi) is 5.95. The summed E-state index contributed by atoms with van der Waals surface area (Å²) in [4.78, 5) is 29.3. The van der Waals surface area contributed by atoms with Crippen LogP contribution in [0.15, 0.2) is 60.2 Å². The fourth-order valence-electron chi connectivity index (χ4n) is 3.51. The van der Waals surface area contributed by atoms with Gasteiger partial charge in [0, 0.05) is 12.1 Å². The number of rotatable bonds is 6. The van der Waals surface area contributed by atoms with Gasteiger partial charge in [0.25, 0.3) is 11.7 Å². The Morgan fingerprint density at radius 3 is 2.29 bits per heavy atom. The second-order valence-corrected chi connectivity index (χ2v) is 7.43. The smallest absolute Gasteiger partial charge is 0.295 e. The molecule has 28 heavy (non-hydrogen) atoms. The molecule has 1 amide bonds. The van der Waals surface area contributed by atoms with Crippen molar-refractivity contribution in [1.29, 1.82) is 0 Å². The van der Waals surface area contributed by atoms with Crippen molar-refractivity contribution in [1.82, 2.24) is 9.80 Å². The van der Waals surface area contributed by atoms with Crippen LogP contribution in [0.3, 0.4) is 0 Å².